The van der Waals surface area contributed by atoms with E-state index in [0.717, 1.165) is 37.7 Å². The number of cyclic esters (lactones) is 2. The molecule has 1 aromatic carbocycles. The number of benzene rings is 1. The third kappa shape index (κ3) is 8.14. The molecule has 1 amide bonds. The van der Waals surface area contributed by atoms with E-state index in [-0.39, 0.29) is 6.42 Å². The standard InChI is InChI=1S/C26H39NO6/c1-5-6-7-8-12-15-23-18(2)26(31)32-19(3)25(30)27(4)21(22(28)17-24(29)33-23)16-20-13-10-9-11-14-20/h9-11,13-14,18-19,21-23,28H,5-8,12,15-17H2,1-4H3/t18-,19-,21-,22+,23+/m0/s1. The second-order valence-electron chi connectivity index (χ2n) is 9.08. The highest BCUT2D eigenvalue weighted by Crippen LogP contribution is 2.23. The maximum Gasteiger partial charge on any atom is 0.313 e. The van der Waals surface area contributed by atoms with Gasteiger partial charge in [0.05, 0.1) is 24.5 Å². The minimum atomic E-state index is -1.12. The lowest BCUT2D eigenvalue weighted by Crippen LogP contribution is -2.51. The van der Waals surface area contributed by atoms with E-state index in [2.05, 4.69) is 6.92 Å². The van der Waals surface area contributed by atoms with Crippen molar-refractivity contribution in [2.45, 2.75) is 96.5 Å². The van der Waals surface area contributed by atoms with Crippen LogP contribution in [0.15, 0.2) is 30.3 Å². The summed E-state index contributed by atoms with van der Waals surface area (Å²) in [4.78, 5) is 39.9. The first-order chi connectivity index (χ1) is 15.7. The molecule has 0 bridgehead atoms. The van der Waals surface area contributed by atoms with Gasteiger partial charge in [0.15, 0.2) is 6.10 Å². The SMILES string of the molecule is CCCCCCC[C@H]1OC(=O)C[C@@H](O)[C@H](Cc2ccccc2)N(C)C(=O)[C@H](C)OC(=O)[C@H]1C. The fourth-order valence-electron chi connectivity index (χ4n) is 4.20. The highest BCUT2D eigenvalue weighted by Gasteiger charge is 2.37. The molecule has 1 aliphatic heterocycles. The van der Waals surface area contributed by atoms with Crippen LogP contribution < -0.4 is 0 Å². The fourth-order valence-corrected chi connectivity index (χ4v) is 4.20. The summed E-state index contributed by atoms with van der Waals surface area (Å²) in [5, 5.41) is 10.9. The molecule has 1 N–H and O–H groups in total. The minimum Gasteiger partial charge on any atom is -0.461 e. The normalized spacial score (nSPS) is 27.4. The fraction of sp³-hybridized carbons (Fsp3) is 0.654. The van der Waals surface area contributed by atoms with Crippen molar-refractivity contribution in [3.05, 3.63) is 35.9 Å². The summed E-state index contributed by atoms with van der Waals surface area (Å²) >= 11 is 0. The maximum atomic E-state index is 13.0. The number of unbranched alkanes of at least 4 members (excludes halogenated alkanes) is 4. The number of ether oxygens (including phenoxy) is 2. The average Bonchev–Trinajstić information content (AvgIpc) is 2.80. The third-order valence-corrected chi connectivity index (χ3v) is 6.40. The number of hydrogen-bond donors (Lipinski definition) is 1. The lowest BCUT2D eigenvalue weighted by Gasteiger charge is -2.35. The minimum absolute atomic E-state index is 0.252. The first-order valence-corrected chi connectivity index (χ1v) is 12.1. The molecular weight excluding hydrogens is 422 g/mol. The zero-order valence-corrected chi connectivity index (χ0v) is 20.4. The number of likely N-dealkylation sites (N-methyl/N-ethyl adjacent to an activating group) is 1. The highest BCUT2D eigenvalue weighted by molar-refractivity contribution is 5.84. The van der Waals surface area contributed by atoms with Gasteiger partial charge >= 0.3 is 11.9 Å². The van der Waals surface area contributed by atoms with Gasteiger partial charge in [0.1, 0.15) is 6.10 Å². The zero-order valence-electron chi connectivity index (χ0n) is 20.4. The molecule has 184 valence electrons. The van der Waals surface area contributed by atoms with Gasteiger partial charge in [-0.1, -0.05) is 62.9 Å². The lowest BCUT2D eigenvalue weighted by molar-refractivity contribution is -0.173. The van der Waals surface area contributed by atoms with Crippen molar-refractivity contribution in [1.82, 2.24) is 4.90 Å². The third-order valence-electron chi connectivity index (χ3n) is 6.40. The first kappa shape index (κ1) is 26.8. The van der Waals surface area contributed by atoms with Gasteiger partial charge in [-0.25, -0.2) is 0 Å². The molecule has 1 fully saturated rings. The average molecular weight is 462 g/mol. The van der Waals surface area contributed by atoms with E-state index >= 15 is 0 Å². The Kier molecular flexibility index (Phi) is 10.8. The Hall–Kier alpha value is -2.41. The lowest BCUT2D eigenvalue weighted by atomic mass is 9.96. The van der Waals surface area contributed by atoms with Gasteiger partial charge in [0, 0.05) is 7.05 Å². The van der Waals surface area contributed by atoms with Crippen molar-refractivity contribution in [3.8, 4) is 0 Å². The summed E-state index contributed by atoms with van der Waals surface area (Å²) in [6, 6.07) is 8.78. The van der Waals surface area contributed by atoms with Crippen LogP contribution in [-0.4, -0.2) is 59.3 Å². The van der Waals surface area contributed by atoms with Crippen LogP contribution in [0.5, 0.6) is 0 Å². The van der Waals surface area contributed by atoms with Gasteiger partial charge in [-0.2, -0.15) is 0 Å². The van der Waals surface area contributed by atoms with Crippen LogP contribution in [0.25, 0.3) is 0 Å². The second kappa shape index (κ2) is 13.3. The molecule has 0 aliphatic carbocycles. The number of carbonyl (C=O) groups is 3. The quantitative estimate of drug-likeness (QED) is 0.469. The largest absolute Gasteiger partial charge is 0.461 e. The van der Waals surface area contributed by atoms with E-state index in [1.54, 1.807) is 14.0 Å². The van der Waals surface area contributed by atoms with Crippen LogP contribution in [0, 0.1) is 5.92 Å². The summed E-state index contributed by atoms with van der Waals surface area (Å²) in [7, 11) is 1.56. The van der Waals surface area contributed by atoms with Crippen molar-refractivity contribution < 1.29 is 29.0 Å². The molecule has 7 nitrogen and oxygen atoms in total. The number of aliphatic hydroxyl groups excluding tert-OH is 1. The summed E-state index contributed by atoms with van der Waals surface area (Å²) < 4.78 is 11.1. The molecule has 1 aromatic rings. The van der Waals surface area contributed by atoms with Crippen LogP contribution in [0.3, 0.4) is 0 Å². The molecule has 0 saturated carbocycles. The van der Waals surface area contributed by atoms with Gasteiger partial charge in [-0.05, 0) is 38.7 Å². The highest BCUT2D eigenvalue weighted by atomic mass is 16.6. The molecule has 0 unspecified atom stereocenters. The smallest absolute Gasteiger partial charge is 0.313 e. The molecule has 0 aromatic heterocycles. The Balaban J connectivity index is 2.21. The molecule has 1 aliphatic rings. The Morgan fingerprint density at radius 3 is 2.33 bits per heavy atom. The van der Waals surface area contributed by atoms with Crippen molar-refractivity contribution in [3.63, 3.8) is 0 Å². The van der Waals surface area contributed by atoms with Crippen LogP contribution in [0.2, 0.25) is 0 Å². The molecule has 33 heavy (non-hydrogen) atoms. The van der Waals surface area contributed by atoms with Crippen LogP contribution in [0.1, 0.15) is 71.3 Å². The summed E-state index contributed by atoms with van der Waals surface area (Å²) in [5.41, 5.74) is 0.921. The monoisotopic (exact) mass is 461 g/mol. The summed E-state index contributed by atoms with van der Waals surface area (Å²) in [5.74, 6) is -2.25. The number of esters is 2. The van der Waals surface area contributed by atoms with E-state index < -0.39 is 48.1 Å². The van der Waals surface area contributed by atoms with Gasteiger partial charge in [0.2, 0.25) is 0 Å². The molecule has 1 saturated heterocycles. The van der Waals surface area contributed by atoms with Crippen LogP contribution >= 0.6 is 0 Å². The molecule has 0 spiro atoms. The Morgan fingerprint density at radius 1 is 1.00 bits per heavy atom. The molecule has 1 heterocycles. The van der Waals surface area contributed by atoms with E-state index in [4.69, 9.17) is 9.47 Å². The van der Waals surface area contributed by atoms with Crippen molar-refractivity contribution in [2.24, 2.45) is 5.92 Å². The van der Waals surface area contributed by atoms with Crippen molar-refractivity contribution in [2.75, 3.05) is 7.05 Å². The Morgan fingerprint density at radius 2 is 1.67 bits per heavy atom. The second-order valence-corrected chi connectivity index (χ2v) is 9.08. The molecule has 5 atom stereocenters. The van der Waals surface area contributed by atoms with Crippen molar-refractivity contribution >= 4 is 17.8 Å². The summed E-state index contributed by atoms with van der Waals surface area (Å²) in [6.45, 7) is 5.34. The van der Waals surface area contributed by atoms with Gasteiger partial charge in [-0.15, -0.1) is 0 Å². The predicted molar refractivity (Wildman–Crippen MR) is 125 cm³/mol. The number of amides is 1. The Bertz CT molecular complexity index is 767. The predicted octanol–water partition coefficient (Wildman–Crippen LogP) is 3.66. The number of carbonyl (C=O) groups excluding carboxylic acids is 3. The number of aliphatic hydroxyl groups is 1. The number of rotatable bonds is 8. The van der Waals surface area contributed by atoms with Gasteiger partial charge < -0.3 is 19.5 Å². The van der Waals surface area contributed by atoms with E-state index in [9.17, 15) is 19.5 Å². The van der Waals surface area contributed by atoms with Gasteiger partial charge in [0.25, 0.3) is 5.91 Å². The molecule has 7 heteroatoms. The zero-order chi connectivity index (χ0) is 24.4. The molecular formula is C26H39NO6. The molecule has 0 radical (unpaired) electrons. The van der Waals surface area contributed by atoms with E-state index in [1.807, 2.05) is 30.3 Å². The van der Waals surface area contributed by atoms with E-state index in [1.165, 1.54) is 11.8 Å². The van der Waals surface area contributed by atoms with Crippen molar-refractivity contribution in [1.29, 1.82) is 0 Å². The number of nitrogens with zero attached hydrogens (tertiary/aromatic N) is 1. The topological polar surface area (TPSA) is 93.1 Å². The van der Waals surface area contributed by atoms with E-state index in [0.29, 0.717) is 12.8 Å². The van der Waals surface area contributed by atoms with Crippen LogP contribution in [-0.2, 0) is 30.3 Å². The first-order valence-electron chi connectivity index (χ1n) is 12.1. The maximum absolute atomic E-state index is 13.0. The van der Waals surface area contributed by atoms with Gasteiger partial charge in [-0.3, -0.25) is 14.4 Å². The van der Waals surface area contributed by atoms with Crippen LogP contribution in [0.4, 0.5) is 0 Å². The molecule has 2 rings (SSSR count). The number of hydrogen-bond acceptors (Lipinski definition) is 6. The Labute approximate surface area is 197 Å². The summed E-state index contributed by atoms with van der Waals surface area (Å²) in [6.07, 6.45) is 3.06.